The second kappa shape index (κ2) is 6.33. The van der Waals surface area contributed by atoms with Crippen LogP contribution in [0.15, 0.2) is 29.3 Å². The quantitative estimate of drug-likeness (QED) is 0.721. The lowest BCUT2D eigenvalue weighted by Crippen LogP contribution is -2.45. The van der Waals surface area contributed by atoms with E-state index in [-0.39, 0.29) is 17.4 Å². The van der Waals surface area contributed by atoms with Gasteiger partial charge in [0.25, 0.3) is 0 Å². The van der Waals surface area contributed by atoms with E-state index in [1.165, 1.54) is 4.90 Å². The fraction of sp³-hybridized carbons (Fsp3) is 0.444. The zero-order chi connectivity index (χ0) is 19.3. The Hall–Kier alpha value is -2.42. The lowest BCUT2D eigenvalue weighted by Gasteiger charge is -2.24. The number of carbonyl (C=O) groups is 2. The monoisotopic (exact) mass is 433 g/mol. The SMILES string of the molecule is Cc1cn(C[C@@]23CC(C(=O)Nc4nc(Br)ccc4C)N(C(=O)O)[C@@H]2C3)cn1. The van der Waals surface area contributed by atoms with Gasteiger partial charge < -0.3 is 15.0 Å². The van der Waals surface area contributed by atoms with Crippen LogP contribution in [0.5, 0.6) is 0 Å². The molecule has 2 amide bonds. The van der Waals surface area contributed by atoms with Crippen LogP contribution in [0, 0.1) is 19.3 Å². The first-order chi connectivity index (χ1) is 12.8. The van der Waals surface area contributed by atoms with Gasteiger partial charge in [0.1, 0.15) is 16.5 Å². The number of carboxylic acid groups (broad SMARTS) is 1. The van der Waals surface area contributed by atoms with Crippen LogP contribution in [0.2, 0.25) is 0 Å². The van der Waals surface area contributed by atoms with Gasteiger partial charge in [-0.25, -0.2) is 14.8 Å². The number of nitrogens with zero attached hydrogens (tertiary/aromatic N) is 4. The summed E-state index contributed by atoms with van der Waals surface area (Å²) in [5.74, 6) is 0.110. The zero-order valence-electron chi connectivity index (χ0n) is 15.0. The van der Waals surface area contributed by atoms with E-state index in [0.29, 0.717) is 23.4 Å². The van der Waals surface area contributed by atoms with Crippen molar-refractivity contribution in [2.45, 2.75) is 45.3 Å². The molecule has 3 heterocycles. The van der Waals surface area contributed by atoms with Crippen molar-refractivity contribution in [3.8, 4) is 0 Å². The lowest BCUT2D eigenvalue weighted by atomic mass is 9.99. The summed E-state index contributed by atoms with van der Waals surface area (Å²) in [4.78, 5) is 34.5. The number of imidazole rings is 1. The molecule has 1 unspecified atom stereocenters. The topological polar surface area (TPSA) is 100 Å². The maximum absolute atomic E-state index is 12.9. The van der Waals surface area contributed by atoms with Gasteiger partial charge in [0.2, 0.25) is 5.91 Å². The van der Waals surface area contributed by atoms with Crippen molar-refractivity contribution in [1.29, 1.82) is 0 Å². The summed E-state index contributed by atoms with van der Waals surface area (Å²) in [6, 6.07) is 2.79. The Kier molecular flexibility index (Phi) is 4.21. The highest BCUT2D eigenvalue weighted by atomic mass is 79.9. The highest BCUT2D eigenvalue weighted by molar-refractivity contribution is 9.10. The predicted molar refractivity (Wildman–Crippen MR) is 101 cm³/mol. The van der Waals surface area contributed by atoms with Crippen LogP contribution in [0.4, 0.5) is 10.6 Å². The number of pyridine rings is 1. The van der Waals surface area contributed by atoms with Crippen LogP contribution < -0.4 is 5.32 Å². The molecule has 4 rings (SSSR count). The number of aromatic nitrogens is 3. The Balaban J connectivity index is 1.54. The zero-order valence-corrected chi connectivity index (χ0v) is 16.6. The summed E-state index contributed by atoms with van der Waals surface area (Å²) in [5, 5.41) is 12.5. The molecule has 0 spiro atoms. The molecule has 3 atom stereocenters. The van der Waals surface area contributed by atoms with Gasteiger partial charge in [0, 0.05) is 24.2 Å². The van der Waals surface area contributed by atoms with E-state index in [0.717, 1.165) is 17.7 Å². The van der Waals surface area contributed by atoms with Crippen molar-refractivity contribution < 1.29 is 14.7 Å². The Morgan fingerprint density at radius 2 is 2.15 bits per heavy atom. The molecule has 2 aromatic heterocycles. The number of anilines is 1. The normalized spacial score (nSPS) is 26.0. The number of hydrogen-bond acceptors (Lipinski definition) is 4. The summed E-state index contributed by atoms with van der Waals surface area (Å²) < 4.78 is 2.59. The third-order valence-corrected chi connectivity index (χ3v) is 5.95. The first-order valence-electron chi connectivity index (χ1n) is 8.73. The van der Waals surface area contributed by atoms with Crippen molar-refractivity contribution in [1.82, 2.24) is 19.4 Å². The summed E-state index contributed by atoms with van der Waals surface area (Å²) in [6.07, 6.45) is 3.92. The van der Waals surface area contributed by atoms with Crippen LogP contribution in [-0.2, 0) is 11.3 Å². The van der Waals surface area contributed by atoms with Crippen LogP contribution >= 0.6 is 15.9 Å². The van der Waals surface area contributed by atoms with E-state index in [1.807, 2.05) is 30.7 Å². The summed E-state index contributed by atoms with van der Waals surface area (Å²) >= 11 is 3.29. The maximum Gasteiger partial charge on any atom is 0.408 e. The van der Waals surface area contributed by atoms with Gasteiger partial charge in [0.15, 0.2) is 0 Å². The van der Waals surface area contributed by atoms with Gasteiger partial charge in [-0.3, -0.25) is 9.69 Å². The minimum absolute atomic E-state index is 0.134. The van der Waals surface area contributed by atoms with Gasteiger partial charge in [-0.05, 0) is 54.2 Å². The van der Waals surface area contributed by atoms with Crippen molar-refractivity contribution in [3.63, 3.8) is 0 Å². The third-order valence-electron chi connectivity index (χ3n) is 5.51. The van der Waals surface area contributed by atoms with E-state index >= 15 is 0 Å². The average molecular weight is 434 g/mol. The Morgan fingerprint density at radius 3 is 2.81 bits per heavy atom. The molecule has 1 saturated heterocycles. The van der Waals surface area contributed by atoms with Crippen LogP contribution in [0.3, 0.4) is 0 Å². The molecule has 9 heteroatoms. The maximum atomic E-state index is 12.9. The Labute approximate surface area is 164 Å². The second-order valence-electron chi connectivity index (χ2n) is 7.47. The highest BCUT2D eigenvalue weighted by Gasteiger charge is 2.67. The molecule has 1 aliphatic carbocycles. The largest absolute Gasteiger partial charge is 0.465 e. The molecule has 2 N–H and O–H groups in total. The number of fused-ring (bicyclic) bond motifs is 1. The second-order valence-corrected chi connectivity index (χ2v) is 8.28. The molecule has 2 aromatic rings. The first kappa shape index (κ1) is 18.0. The number of hydrogen-bond donors (Lipinski definition) is 2. The molecule has 1 saturated carbocycles. The van der Waals surface area contributed by atoms with E-state index < -0.39 is 12.1 Å². The van der Waals surface area contributed by atoms with Crippen LogP contribution in [0.25, 0.3) is 0 Å². The van der Waals surface area contributed by atoms with Gasteiger partial charge >= 0.3 is 6.09 Å². The molecule has 142 valence electrons. The molecule has 8 nitrogen and oxygen atoms in total. The molecular formula is C18H20BrN5O3. The number of rotatable bonds is 4. The number of piperidine rings is 1. The smallest absolute Gasteiger partial charge is 0.408 e. The molecule has 2 aliphatic rings. The number of halogens is 1. The highest BCUT2D eigenvalue weighted by Crippen LogP contribution is 2.60. The molecule has 1 aliphatic heterocycles. The Bertz CT molecular complexity index is 929. The van der Waals surface area contributed by atoms with Crippen molar-refractivity contribution in [2.75, 3.05) is 5.32 Å². The number of aryl methyl sites for hydroxylation is 2. The van der Waals surface area contributed by atoms with Gasteiger partial charge in [-0.1, -0.05) is 6.07 Å². The number of amides is 2. The predicted octanol–water partition coefficient (Wildman–Crippen LogP) is 2.81. The van der Waals surface area contributed by atoms with Gasteiger partial charge in [0.05, 0.1) is 12.0 Å². The summed E-state index contributed by atoms with van der Waals surface area (Å²) in [5.41, 5.74) is 1.54. The Morgan fingerprint density at radius 1 is 1.37 bits per heavy atom. The molecule has 0 radical (unpaired) electrons. The number of likely N-dealkylation sites (tertiary alicyclic amines) is 1. The molecule has 2 fully saturated rings. The van der Waals surface area contributed by atoms with Crippen LogP contribution in [0.1, 0.15) is 24.1 Å². The summed E-state index contributed by atoms with van der Waals surface area (Å²) in [6.45, 7) is 4.43. The van der Waals surface area contributed by atoms with E-state index in [4.69, 9.17) is 0 Å². The fourth-order valence-corrected chi connectivity index (χ4v) is 4.42. The minimum atomic E-state index is -1.06. The van der Waals surface area contributed by atoms with Gasteiger partial charge in [-0.2, -0.15) is 0 Å². The lowest BCUT2D eigenvalue weighted by molar-refractivity contribution is -0.120. The van der Waals surface area contributed by atoms with E-state index in [9.17, 15) is 14.7 Å². The van der Waals surface area contributed by atoms with E-state index in [1.54, 1.807) is 12.4 Å². The van der Waals surface area contributed by atoms with Crippen molar-refractivity contribution in [2.24, 2.45) is 5.41 Å². The molecule has 0 aromatic carbocycles. The number of carbonyl (C=O) groups excluding carboxylic acids is 1. The van der Waals surface area contributed by atoms with Crippen molar-refractivity contribution in [3.05, 3.63) is 40.5 Å². The third kappa shape index (κ3) is 3.20. The average Bonchev–Trinajstić information content (AvgIpc) is 2.95. The minimum Gasteiger partial charge on any atom is -0.465 e. The molecule has 27 heavy (non-hydrogen) atoms. The van der Waals surface area contributed by atoms with Crippen molar-refractivity contribution >= 4 is 33.7 Å². The molecular weight excluding hydrogens is 414 g/mol. The van der Waals surface area contributed by atoms with E-state index in [2.05, 4.69) is 31.2 Å². The summed E-state index contributed by atoms with van der Waals surface area (Å²) in [7, 11) is 0. The van der Waals surface area contributed by atoms with Gasteiger partial charge in [-0.15, -0.1) is 0 Å². The number of nitrogens with one attached hydrogen (secondary N) is 1. The van der Waals surface area contributed by atoms with Crippen LogP contribution in [-0.4, -0.2) is 48.6 Å². The first-order valence-corrected chi connectivity index (χ1v) is 9.52. The standard InChI is InChI=1S/C18H20BrN5O3/c1-10-3-4-14(19)21-15(10)22-16(25)12-5-18(6-13(18)24(12)17(26)27)8-23-7-11(2)20-9-23/h3-4,7,9,12-13H,5-6,8H2,1-2H3,(H,26,27)(H,21,22,25)/t12?,13-,18+/m1/s1. The molecule has 0 bridgehead atoms. The fourth-order valence-electron chi connectivity index (χ4n) is 4.11.